The first-order chi connectivity index (χ1) is 8.36. The van der Waals surface area contributed by atoms with Gasteiger partial charge < -0.3 is 4.90 Å². The van der Waals surface area contributed by atoms with Crippen molar-refractivity contribution in [3.63, 3.8) is 0 Å². The summed E-state index contributed by atoms with van der Waals surface area (Å²) in [4.78, 5) is 25.9. The van der Waals surface area contributed by atoms with Crippen LogP contribution in [0.4, 0.5) is 0 Å². The zero-order valence-corrected chi connectivity index (χ0v) is 11.9. The van der Waals surface area contributed by atoms with Gasteiger partial charge in [0.2, 0.25) is 0 Å². The number of nitrogens with zero attached hydrogens (tertiary/aromatic N) is 1. The second kappa shape index (κ2) is 6.01. The van der Waals surface area contributed by atoms with Gasteiger partial charge in [0, 0.05) is 17.6 Å². The standard InChI is InChI=1S/C14H18ClNO2/c1-9(2)16(10(3)4)14(18)13(17)11-7-5-6-8-12(11)15/h5-10H,1-4H3. The lowest BCUT2D eigenvalue weighted by Crippen LogP contribution is -2.45. The molecule has 0 aromatic heterocycles. The summed E-state index contributed by atoms with van der Waals surface area (Å²) in [6.45, 7) is 7.55. The van der Waals surface area contributed by atoms with Gasteiger partial charge in [-0.1, -0.05) is 23.7 Å². The van der Waals surface area contributed by atoms with Crippen LogP contribution in [0.5, 0.6) is 0 Å². The molecule has 0 aliphatic rings. The molecule has 98 valence electrons. The lowest BCUT2D eigenvalue weighted by atomic mass is 10.1. The van der Waals surface area contributed by atoms with Gasteiger partial charge in [0.15, 0.2) is 0 Å². The minimum atomic E-state index is -0.553. The van der Waals surface area contributed by atoms with Crippen molar-refractivity contribution in [2.45, 2.75) is 39.8 Å². The first-order valence-corrected chi connectivity index (χ1v) is 6.35. The van der Waals surface area contributed by atoms with Gasteiger partial charge in [0.1, 0.15) is 0 Å². The topological polar surface area (TPSA) is 37.4 Å². The highest BCUT2D eigenvalue weighted by atomic mass is 35.5. The van der Waals surface area contributed by atoms with Gasteiger partial charge in [-0.15, -0.1) is 0 Å². The van der Waals surface area contributed by atoms with E-state index in [-0.39, 0.29) is 17.6 Å². The largest absolute Gasteiger partial charge is 0.331 e. The zero-order valence-electron chi connectivity index (χ0n) is 11.1. The van der Waals surface area contributed by atoms with Crippen LogP contribution >= 0.6 is 11.6 Å². The third-order valence-electron chi connectivity index (χ3n) is 2.66. The Morgan fingerprint density at radius 1 is 1.06 bits per heavy atom. The molecule has 3 nitrogen and oxygen atoms in total. The van der Waals surface area contributed by atoms with Crippen molar-refractivity contribution in [1.29, 1.82) is 0 Å². The number of rotatable bonds is 4. The Balaban J connectivity index is 3.04. The van der Waals surface area contributed by atoms with Crippen LogP contribution in [0.25, 0.3) is 0 Å². The molecular formula is C14H18ClNO2. The molecule has 0 spiro atoms. The molecule has 0 N–H and O–H groups in total. The summed E-state index contributed by atoms with van der Waals surface area (Å²) in [6, 6.07) is 6.56. The Bertz CT molecular complexity index is 447. The normalized spacial score (nSPS) is 10.8. The van der Waals surface area contributed by atoms with Gasteiger partial charge in [0.05, 0.1) is 5.02 Å². The van der Waals surface area contributed by atoms with Crippen molar-refractivity contribution in [3.05, 3.63) is 34.9 Å². The average molecular weight is 268 g/mol. The molecule has 4 heteroatoms. The minimum absolute atomic E-state index is 0.0241. The van der Waals surface area contributed by atoms with E-state index in [9.17, 15) is 9.59 Å². The molecule has 0 aliphatic heterocycles. The van der Waals surface area contributed by atoms with Crippen LogP contribution in [0, 0.1) is 0 Å². The Morgan fingerprint density at radius 2 is 1.56 bits per heavy atom. The number of amides is 1. The quantitative estimate of drug-likeness (QED) is 0.621. The van der Waals surface area contributed by atoms with Crippen LogP contribution in [-0.2, 0) is 4.79 Å². The fourth-order valence-corrected chi connectivity index (χ4v) is 2.16. The van der Waals surface area contributed by atoms with E-state index in [0.29, 0.717) is 5.02 Å². The molecule has 0 saturated heterocycles. The van der Waals surface area contributed by atoms with Gasteiger partial charge >= 0.3 is 0 Å². The molecule has 1 amide bonds. The molecule has 0 bridgehead atoms. The van der Waals surface area contributed by atoms with Crippen LogP contribution in [0.1, 0.15) is 38.1 Å². The van der Waals surface area contributed by atoms with E-state index in [1.54, 1.807) is 29.2 Å². The second-order valence-electron chi connectivity index (χ2n) is 4.71. The third-order valence-corrected chi connectivity index (χ3v) is 2.99. The fourth-order valence-electron chi connectivity index (χ4n) is 1.94. The SMILES string of the molecule is CC(C)N(C(=O)C(=O)c1ccccc1Cl)C(C)C. The van der Waals surface area contributed by atoms with Crippen molar-refractivity contribution in [2.75, 3.05) is 0 Å². The molecule has 0 radical (unpaired) electrons. The maximum atomic E-state index is 12.2. The van der Waals surface area contributed by atoms with Crippen molar-refractivity contribution < 1.29 is 9.59 Å². The fraction of sp³-hybridized carbons (Fsp3) is 0.429. The number of carbonyl (C=O) groups excluding carboxylic acids is 2. The summed E-state index contributed by atoms with van der Waals surface area (Å²) in [7, 11) is 0. The first-order valence-electron chi connectivity index (χ1n) is 5.97. The van der Waals surface area contributed by atoms with E-state index in [2.05, 4.69) is 0 Å². The Kier molecular flexibility index (Phi) is 4.91. The number of ketones is 1. The third kappa shape index (κ3) is 3.10. The van der Waals surface area contributed by atoms with E-state index < -0.39 is 11.7 Å². The van der Waals surface area contributed by atoms with Crippen LogP contribution in [0.3, 0.4) is 0 Å². The summed E-state index contributed by atoms with van der Waals surface area (Å²) in [6.07, 6.45) is 0. The molecule has 1 aromatic rings. The summed E-state index contributed by atoms with van der Waals surface area (Å²) in [5.74, 6) is -1.06. The van der Waals surface area contributed by atoms with Gasteiger partial charge in [-0.25, -0.2) is 0 Å². The van der Waals surface area contributed by atoms with E-state index in [0.717, 1.165) is 0 Å². The second-order valence-corrected chi connectivity index (χ2v) is 5.12. The molecule has 1 rings (SSSR count). The summed E-state index contributed by atoms with van der Waals surface area (Å²) in [5.41, 5.74) is 0.260. The van der Waals surface area contributed by atoms with Gasteiger partial charge in [-0.3, -0.25) is 9.59 Å². The number of carbonyl (C=O) groups is 2. The lowest BCUT2D eigenvalue weighted by Gasteiger charge is -2.30. The highest BCUT2D eigenvalue weighted by molar-refractivity contribution is 6.47. The highest BCUT2D eigenvalue weighted by Crippen LogP contribution is 2.17. The number of benzene rings is 1. The monoisotopic (exact) mass is 267 g/mol. The molecule has 0 saturated carbocycles. The van der Waals surface area contributed by atoms with Crippen molar-refractivity contribution >= 4 is 23.3 Å². The van der Waals surface area contributed by atoms with E-state index in [4.69, 9.17) is 11.6 Å². The summed E-state index contributed by atoms with van der Waals surface area (Å²) >= 11 is 5.94. The number of hydrogen-bond acceptors (Lipinski definition) is 2. The van der Waals surface area contributed by atoms with E-state index in [1.807, 2.05) is 27.7 Å². The van der Waals surface area contributed by atoms with Gasteiger partial charge in [-0.2, -0.15) is 0 Å². The van der Waals surface area contributed by atoms with Crippen LogP contribution in [-0.4, -0.2) is 28.7 Å². The average Bonchev–Trinajstić information content (AvgIpc) is 2.27. The van der Waals surface area contributed by atoms with Crippen molar-refractivity contribution in [2.24, 2.45) is 0 Å². The van der Waals surface area contributed by atoms with Crippen LogP contribution < -0.4 is 0 Å². The molecule has 1 aromatic carbocycles. The van der Waals surface area contributed by atoms with Gasteiger partial charge in [0.25, 0.3) is 11.7 Å². The van der Waals surface area contributed by atoms with E-state index >= 15 is 0 Å². The van der Waals surface area contributed by atoms with Gasteiger partial charge in [-0.05, 0) is 39.8 Å². The number of hydrogen-bond donors (Lipinski definition) is 0. The van der Waals surface area contributed by atoms with Crippen molar-refractivity contribution in [3.8, 4) is 0 Å². The predicted octanol–water partition coefficient (Wildman–Crippen LogP) is 3.17. The Hall–Kier alpha value is -1.35. The lowest BCUT2D eigenvalue weighted by molar-refractivity contribution is -0.129. The maximum Gasteiger partial charge on any atom is 0.295 e. The zero-order chi connectivity index (χ0) is 13.9. The molecule has 0 unspecified atom stereocenters. The maximum absolute atomic E-state index is 12.2. The molecule has 0 atom stereocenters. The van der Waals surface area contributed by atoms with E-state index in [1.165, 1.54) is 0 Å². The Morgan fingerprint density at radius 3 is 2.00 bits per heavy atom. The number of halogens is 1. The minimum Gasteiger partial charge on any atom is -0.331 e. The van der Waals surface area contributed by atoms with Crippen LogP contribution in [0.15, 0.2) is 24.3 Å². The molecule has 0 aliphatic carbocycles. The summed E-state index contributed by atoms with van der Waals surface area (Å²) < 4.78 is 0. The highest BCUT2D eigenvalue weighted by Gasteiger charge is 2.28. The predicted molar refractivity (Wildman–Crippen MR) is 72.9 cm³/mol. The summed E-state index contributed by atoms with van der Waals surface area (Å²) in [5, 5.41) is 0.309. The Labute approximate surface area is 113 Å². The molecule has 0 fully saturated rings. The number of Topliss-reactive ketones (excluding diaryl/α,β-unsaturated/α-hetero) is 1. The first kappa shape index (κ1) is 14.7. The van der Waals surface area contributed by atoms with Crippen LogP contribution in [0.2, 0.25) is 5.02 Å². The van der Waals surface area contributed by atoms with Crippen molar-refractivity contribution in [1.82, 2.24) is 4.90 Å². The molecule has 0 heterocycles. The molecule has 18 heavy (non-hydrogen) atoms. The molecular weight excluding hydrogens is 250 g/mol. The smallest absolute Gasteiger partial charge is 0.295 e.